The molecule has 0 aliphatic carbocycles. The summed E-state index contributed by atoms with van der Waals surface area (Å²) >= 11 is 0. The van der Waals surface area contributed by atoms with Gasteiger partial charge in [0, 0.05) is 11.4 Å². The van der Waals surface area contributed by atoms with E-state index in [4.69, 9.17) is 4.74 Å². The van der Waals surface area contributed by atoms with E-state index in [1.165, 1.54) is 0 Å². The number of amides is 1. The summed E-state index contributed by atoms with van der Waals surface area (Å²) in [5, 5.41) is 18.0. The average Bonchev–Trinajstić information content (AvgIpc) is 3.17. The lowest BCUT2D eigenvalue weighted by Crippen LogP contribution is -2.31. The summed E-state index contributed by atoms with van der Waals surface area (Å²) in [5.41, 5.74) is 4.00. The Morgan fingerprint density at radius 3 is 2.55 bits per heavy atom. The zero-order valence-corrected chi connectivity index (χ0v) is 16.5. The molecule has 0 bridgehead atoms. The molecule has 8 heteroatoms. The third-order valence-electron chi connectivity index (χ3n) is 4.78. The van der Waals surface area contributed by atoms with E-state index in [0.717, 1.165) is 22.6 Å². The van der Waals surface area contributed by atoms with Gasteiger partial charge in [-0.25, -0.2) is 0 Å². The van der Waals surface area contributed by atoms with Gasteiger partial charge < -0.3 is 15.4 Å². The van der Waals surface area contributed by atoms with Crippen molar-refractivity contribution in [3.8, 4) is 5.75 Å². The number of aryl methyl sites for hydroxylation is 1. The molecular formula is C21H22N6O2. The highest BCUT2D eigenvalue weighted by atomic mass is 16.5. The van der Waals surface area contributed by atoms with Gasteiger partial charge in [-0.2, -0.15) is 4.68 Å². The smallest absolute Gasteiger partial charge is 0.255 e. The van der Waals surface area contributed by atoms with E-state index in [0.29, 0.717) is 23.8 Å². The molecule has 0 radical (unpaired) electrons. The molecule has 1 aromatic heterocycles. The molecule has 0 saturated carbocycles. The van der Waals surface area contributed by atoms with Crippen molar-refractivity contribution in [1.29, 1.82) is 0 Å². The number of hydrogen-bond acceptors (Lipinski definition) is 6. The number of anilines is 2. The molecule has 1 aliphatic rings. The van der Waals surface area contributed by atoms with Crippen LogP contribution in [0.2, 0.25) is 0 Å². The van der Waals surface area contributed by atoms with Gasteiger partial charge in [0.25, 0.3) is 5.91 Å². The van der Waals surface area contributed by atoms with Crippen molar-refractivity contribution in [2.45, 2.75) is 26.8 Å². The Kier molecular flexibility index (Phi) is 4.99. The Morgan fingerprint density at radius 2 is 1.86 bits per heavy atom. The quantitative estimate of drug-likeness (QED) is 0.694. The highest BCUT2D eigenvalue weighted by molar-refractivity contribution is 6.06. The lowest BCUT2D eigenvalue weighted by atomic mass is 9.95. The standard InChI is InChI=1S/C21H22N6O2/c1-4-29-17-11-7-15(8-12-17)19-18(14(3)22-21-24-25-26-27(19)21)20(28)23-16-9-5-13(2)6-10-16/h5-12,19H,4H2,1-3H3,(H,23,28)(H,22,24,26). The zero-order valence-electron chi connectivity index (χ0n) is 16.5. The normalized spacial score (nSPS) is 15.5. The minimum absolute atomic E-state index is 0.209. The number of nitrogens with zero attached hydrogens (tertiary/aromatic N) is 4. The highest BCUT2D eigenvalue weighted by Gasteiger charge is 2.34. The summed E-state index contributed by atoms with van der Waals surface area (Å²) < 4.78 is 7.15. The molecule has 1 unspecified atom stereocenters. The molecule has 8 nitrogen and oxygen atoms in total. The Morgan fingerprint density at radius 1 is 1.14 bits per heavy atom. The monoisotopic (exact) mass is 390 g/mol. The number of rotatable bonds is 5. The SMILES string of the molecule is CCOc1ccc(C2C(C(=O)Nc3ccc(C)cc3)=C(C)Nc3nnnn32)cc1. The number of nitrogens with one attached hydrogen (secondary N) is 2. The summed E-state index contributed by atoms with van der Waals surface area (Å²) in [4.78, 5) is 13.2. The first kappa shape index (κ1) is 18.7. The molecule has 2 aromatic carbocycles. The molecule has 0 saturated heterocycles. The number of hydrogen-bond donors (Lipinski definition) is 2. The first-order chi connectivity index (χ1) is 14.1. The maximum absolute atomic E-state index is 13.2. The molecule has 3 aromatic rings. The molecule has 0 fully saturated rings. The van der Waals surface area contributed by atoms with Crippen molar-refractivity contribution in [2.24, 2.45) is 0 Å². The molecule has 1 atom stereocenters. The van der Waals surface area contributed by atoms with Gasteiger partial charge in [0.15, 0.2) is 0 Å². The van der Waals surface area contributed by atoms with Gasteiger partial charge >= 0.3 is 0 Å². The molecular weight excluding hydrogens is 368 g/mol. The topological polar surface area (TPSA) is 94.0 Å². The summed E-state index contributed by atoms with van der Waals surface area (Å²) in [5.74, 6) is 1.06. The molecule has 1 amide bonds. The molecule has 148 valence electrons. The summed E-state index contributed by atoms with van der Waals surface area (Å²) in [7, 11) is 0. The molecule has 4 rings (SSSR count). The van der Waals surface area contributed by atoms with Crippen molar-refractivity contribution in [1.82, 2.24) is 20.2 Å². The number of aromatic nitrogens is 4. The van der Waals surface area contributed by atoms with Gasteiger partial charge in [-0.15, -0.1) is 0 Å². The van der Waals surface area contributed by atoms with Crippen LogP contribution in [0, 0.1) is 6.92 Å². The maximum atomic E-state index is 13.2. The molecule has 0 spiro atoms. The highest BCUT2D eigenvalue weighted by Crippen LogP contribution is 2.35. The number of ether oxygens (including phenoxy) is 1. The maximum Gasteiger partial charge on any atom is 0.255 e. The van der Waals surface area contributed by atoms with Crippen LogP contribution in [0.4, 0.5) is 11.6 Å². The largest absolute Gasteiger partial charge is 0.494 e. The molecule has 2 heterocycles. The van der Waals surface area contributed by atoms with E-state index in [1.807, 2.05) is 69.3 Å². The third-order valence-corrected chi connectivity index (χ3v) is 4.78. The minimum atomic E-state index is -0.456. The van der Waals surface area contributed by atoms with Crippen LogP contribution >= 0.6 is 0 Å². The van der Waals surface area contributed by atoms with Gasteiger partial charge in [-0.05, 0) is 61.0 Å². The zero-order chi connectivity index (χ0) is 20.4. The molecule has 1 aliphatic heterocycles. The van der Waals surface area contributed by atoms with Crippen LogP contribution in [0.1, 0.15) is 31.0 Å². The number of carbonyl (C=O) groups is 1. The van der Waals surface area contributed by atoms with Crippen molar-refractivity contribution in [3.05, 3.63) is 70.9 Å². The lowest BCUT2D eigenvalue weighted by Gasteiger charge is -2.28. The van der Waals surface area contributed by atoms with Crippen LogP contribution in [-0.2, 0) is 4.79 Å². The van der Waals surface area contributed by atoms with Crippen LogP contribution in [0.5, 0.6) is 5.75 Å². The lowest BCUT2D eigenvalue weighted by molar-refractivity contribution is -0.113. The number of benzene rings is 2. The summed E-state index contributed by atoms with van der Waals surface area (Å²) in [6, 6.07) is 14.9. The second kappa shape index (κ2) is 7.75. The Balaban J connectivity index is 1.71. The van der Waals surface area contributed by atoms with E-state index >= 15 is 0 Å². The minimum Gasteiger partial charge on any atom is -0.494 e. The number of carbonyl (C=O) groups excluding carboxylic acids is 1. The van der Waals surface area contributed by atoms with E-state index in [9.17, 15) is 4.79 Å². The van der Waals surface area contributed by atoms with Gasteiger partial charge in [-0.3, -0.25) is 4.79 Å². The van der Waals surface area contributed by atoms with Crippen molar-refractivity contribution >= 4 is 17.5 Å². The van der Waals surface area contributed by atoms with E-state index in [1.54, 1.807) is 4.68 Å². The molecule has 2 N–H and O–H groups in total. The van der Waals surface area contributed by atoms with Crippen molar-refractivity contribution in [3.63, 3.8) is 0 Å². The van der Waals surface area contributed by atoms with Crippen LogP contribution in [-0.4, -0.2) is 32.7 Å². The van der Waals surface area contributed by atoms with Crippen molar-refractivity contribution < 1.29 is 9.53 Å². The fraction of sp³-hybridized carbons (Fsp3) is 0.238. The second-order valence-corrected chi connectivity index (χ2v) is 6.84. The van der Waals surface area contributed by atoms with E-state index < -0.39 is 6.04 Å². The Bertz CT molecular complexity index is 1050. The first-order valence-corrected chi connectivity index (χ1v) is 9.43. The van der Waals surface area contributed by atoms with Gasteiger partial charge in [0.05, 0.1) is 12.2 Å². The first-order valence-electron chi connectivity index (χ1n) is 9.43. The summed E-state index contributed by atoms with van der Waals surface area (Å²) in [6.07, 6.45) is 0. The van der Waals surface area contributed by atoms with Crippen LogP contribution < -0.4 is 15.4 Å². The van der Waals surface area contributed by atoms with Gasteiger partial charge in [-0.1, -0.05) is 34.9 Å². The fourth-order valence-electron chi connectivity index (χ4n) is 3.36. The average molecular weight is 390 g/mol. The number of tetrazole rings is 1. The van der Waals surface area contributed by atoms with Gasteiger partial charge in [0.2, 0.25) is 5.95 Å². The predicted octanol–water partition coefficient (Wildman–Crippen LogP) is 3.31. The van der Waals surface area contributed by atoms with Crippen LogP contribution in [0.3, 0.4) is 0 Å². The number of allylic oxidation sites excluding steroid dienone is 1. The predicted molar refractivity (Wildman–Crippen MR) is 110 cm³/mol. The van der Waals surface area contributed by atoms with Crippen LogP contribution in [0.25, 0.3) is 0 Å². The molecule has 29 heavy (non-hydrogen) atoms. The fourth-order valence-corrected chi connectivity index (χ4v) is 3.36. The van der Waals surface area contributed by atoms with Crippen LogP contribution in [0.15, 0.2) is 59.8 Å². The van der Waals surface area contributed by atoms with E-state index in [2.05, 4.69) is 26.2 Å². The van der Waals surface area contributed by atoms with Crippen molar-refractivity contribution in [2.75, 3.05) is 17.2 Å². The Labute approximate surface area is 168 Å². The van der Waals surface area contributed by atoms with Gasteiger partial charge in [0.1, 0.15) is 11.8 Å². The second-order valence-electron chi connectivity index (χ2n) is 6.84. The van der Waals surface area contributed by atoms with E-state index in [-0.39, 0.29) is 5.91 Å². The number of fused-ring (bicyclic) bond motifs is 1. The third kappa shape index (κ3) is 3.69. The summed E-state index contributed by atoms with van der Waals surface area (Å²) in [6.45, 7) is 6.38. The Hall–Kier alpha value is -3.68.